The zero-order chi connectivity index (χ0) is 25.5. The van der Waals surface area contributed by atoms with Crippen molar-refractivity contribution in [3.63, 3.8) is 0 Å². The average molecular weight is 487 g/mol. The van der Waals surface area contributed by atoms with Gasteiger partial charge < -0.3 is 14.7 Å². The van der Waals surface area contributed by atoms with Gasteiger partial charge in [0.15, 0.2) is 0 Å². The van der Waals surface area contributed by atoms with Gasteiger partial charge in [0, 0.05) is 21.2 Å². The largest absolute Gasteiger partial charge is 0.455 e. The van der Waals surface area contributed by atoms with Gasteiger partial charge in [0.2, 0.25) is 0 Å². The monoisotopic (exact) mass is 486 g/mol. The predicted octanol–water partition coefficient (Wildman–Crippen LogP) is 10.4. The van der Waals surface area contributed by atoms with Crippen molar-refractivity contribution >= 4 is 61.0 Å². The van der Waals surface area contributed by atoms with Crippen molar-refractivity contribution < 1.29 is 4.42 Å². The van der Waals surface area contributed by atoms with Gasteiger partial charge in [-0.05, 0) is 42.5 Å². The van der Waals surface area contributed by atoms with Crippen LogP contribution in [0, 0.1) is 0 Å². The van der Waals surface area contributed by atoms with Crippen molar-refractivity contribution in [3.8, 4) is 5.69 Å². The molecule has 0 radical (unpaired) electrons. The lowest BCUT2D eigenvalue weighted by Crippen LogP contribution is -1.99. The molecule has 4 heteroatoms. The highest BCUT2D eigenvalue weighted by atomic mass is 35.5. The van der Waals surface area contributed by atoms with E-state index in [0.717, 1.165) is 49.4 Å². The van der Waals surface area contributed by atoms with Crippen molar-refractivity contribution in [3.05, 3.63) is 83.9 Å². The Hall–Kier alpha value is -3.43. The second kappa shape index (κ2) is 11.8. The fraction of sp³-hybridized carbons (Fsp3) is 0.226. The van der Waals surface area contributed by atoms with Gasteiger partial charge in [-0.2, -0.15) is 0 Å². The summed E-state index contributed by atoms with van der Waals surface area (Å²) in [6.07, 6.45) is 1.25. The van der Waals surface area contributed by atoms with Crippen molar-refractivity contribution in [1.29, 1.82) is 0 Å². The molecule has 182 valence electrons. The van der Waals surface area contributed by atoms with E-state index < -0.39 is 0 Å². The number of para-hydroxylation sites is 2. The van der Waals surface area contributed by atoms with Crippen LogP contribution >= 0.6 is 11.6 Å². The topological polar surface area (TPSA) is 44.1 Å². The molecule has 3 nitrogen and oxygen atoms in total. The molecule has 0 spiro atoms. The number of halogens is 1. The van der Waals surface area contributed by atoms with E-state index in [1.165, 1.54) is 6.42 Å². The molecule has 2 N–H and O–H groups in total. The number of anilines is 1. The average Bonchev–Trinajstić information content (AvgIpc) is 3.43. The van der Waals surface area contributed by atoms with Crippen LogP contribution in [0.15, 0.2) is 83.3 Å². The van der Waals surface area contributed by atoms with Gasteiger partial charge in [-0.1, -0.05) is 96.0 Å². The van der Waals surface area contributed by atoms with Crippen LogP contribution in [0.1, 0.15) is 48.0 Å². The molecule has 0 aliphatic heterocycles. The van der Waals surface area contributed by atoms with Gasteiger partial charge in [0.25, 0.3) is 0 Å². The minimum atomic E-state index is 0.627. The maximum absolute atomic E-state index is 6.34. The zero-order valence-corrected chi connectivity index (χ0v) is 22.3. The third-order valence-electron chi connectivity index (χ3n) is 5.41. The summed E-state index contributed by atoms with van der Waals surface area (Å²) >= 11 is 6.13. The molecule has 0 aliphatic rings. The van der Waals surface area contributed by atoms with Crippen molar-refractivity contribution in [2.45, 2.75) is 48.0 Å². The molecule has 0 saturated heterocycles. The second-order valence-electron chi connectivity index (χ2n) is 7.70. The number of aromatic nitrogens is 1. The lowest BCUT2D eigenvalue weighted by Gasteiger charge is -2.11. The summed E-state index contributed by atoms with van der Waals surface area (Å²) in [5.41, 5.74) is 11.8. The maximum Gasteiger partial charge on any atom is 0.145 e. The fourth-order valence-electron chi connectivity index (χ4n) is 4.22. The van der Waals surface area contributed by atoms with E-state index in [-0.39, 0.29) is 0 Å². The molecule has 0 atom stereocenters. The van der Waals surface area contributed by atoms with E-state index in [0.29, 0.717) is 10.7 Å². The van der Waals surface area contributed by atoms with E-state index in [1.54, 1.807) is 6.07 Å². The number of rotatable bonds is 1. The molecule has 0 amide bonds. The molecule has 0 fully saturated rings. The van der Waals surface area contributed by atoms with Crippen LogP contribution in [0.3, 0.4) is 0 Å². The van der Waals surface area contributed by atoms with Crippen LogP contribution in [0.4, 0.5) is 5.69 Å². The van der Waals surface area contributed by atoms with Gasteiger partial charge in [-0.3, -0.25) is 0 Å². The Morgan fingerprint density at radius 1 is 0.743 bits per heavy atom. The van der Waals surface area contributed by atoms with Gasteiger partial charge in [-0.25, -0.2) is 0 Å². The quantitative estimate of drug-likeness (QED) is 0.235. The summed E-state index contributed by atoms with van der Waals surface area (Å²) in [7, 11) is 0. The Bertz CT molecular complexity index is 1560. The van der Waals surface area contributed by atoms with Gasteiger partial charge in [-0.15, -0.1) is 0 Å². The first-order valence-corrected chi connectivity index (χ1v) is 12.9. The predicted molar refractivity (Wildman–Crippen MR) is 156 cm³/mol. The Balaban J connectivity index is 0.000000447. The molecule has 0 saturated carbocycles. The minimum absolute atomic E-state index is 0.627. The number of nitrogens with two attached hydrogens (primary N) is 1. The number of hydrogen-bond acceptors (Lipinski definition) is 2. The molecular weight excluding hydrogens is 452 g/mol. The standard InChI is InChI=1S/C24H15ClN2O.C3H8.2C2H6/c25-14-9-11-20(18(26)13-14)27-19-7-3-1-6-17(19)23-21(27)12-10-16-15-5-2-4-8-22(15)28-24(16)23;1-3-2;2*1-2/h1-13H,26H2;3H2,1-2H3;2*1-2H3. The molecule has 6 aromatic rings. The first kappa shape index (κ1) is 26.2. The molecule has 6 rings (SSSR count). The lowest BCUT2D eigenvalue weighted by atomic mass is 10.1. The fourth-order valence-corrected chi connectivity index (χ4v) is 4.40. The highest BCUT2D eigenvalue weighted by Crippen LogP contribution is 2.41. The molecular formula is C31H35ClN2O. The summed E-state index contributed by atoms with van der Waals surface area (Å²) in [6.45, 7) is 12.2. The second-order valence-corrected chi connectivity index (χ2v) is 8.13. The van der Waals surface area contributed by atoms with Crippen molar-refractivity contribution in [2.24, 2.45) is 0 Å². The van der Waals surface area contributed by atoms with Crippen LogP contribution in [0.2, 0.25) is 5.02 Å². The molecule has 0 aliphatic carbocycles. The third-order valence-corrected chi connectivity index (χ3v) is 5.65. The summed E-state index contributed by atoms with van der Waals surface area (Å²) in [6, 6.07) is 26.4. The third kappa shape index (κ3) is 4.74. The first-order valence-electron chi connectivity index (χ1n) is 12.5. The van der Waals surface area contributed by atoms with Crippen molar-refractivity contribution in [2.75, 3.05) is 5.73 Å². The van der Waals surface area contributed by atoms with Crippen molar-refractivity contribution in [1.82, 2.24) is 4.57 Å². The number of fused-ring (bicyclic) bond motifs is 7. The zero-order valence-electron chi connectivity index (χ0n) is 21.5. The Labute approximate surface area is 213 Å². The van der Waals surface area contributed by atoms with Crippen LogP contribution in [-0.2, 0) is 0 Å². The van der Waals surface area contributed by atoms with Gasteiger partial charge in [0.1, 0.15) is 11.2 Å². The van der Waals surface area contributed by atoms with Crippen LogP contribution in [-0.4, -0.2) is 4.57 Å². The number of hydrogen-bond donors (Lipinski definition) is 1. The highest BCUT2D eigenvalue weighted by molar-refractivity contribution is 6.31. The molecule has 4 aromatic carbocycles. The Morgan fingerprint density at radius 3 is 2.06 bits per heavy atom. The molecule has 2 heterocycles. The van der Waals surface area contributed by atoms with E-state index in [2.05, 4.69) is 54.8 Å². The minimum Gasteiger partial charge on any atom is -0.455 e. The molecule has 0 bridgehead atoms. The first-order chi connectivity index (χ1) is 17.1. The van der Waals surface area contributed by atoms with E-state index in [9.17, 15) is 0 Å². The normalized spacial score (nSPS) is 10.4. The van der Waals surface area contributed by atoms with Crippen LogP contribution < -0.4 is 5.73 Å². The number of nitrogens with zero attached hydrogens (tertiary/aromatic N) is 1. The lowest BCUT2D eigenvalue weighted by molar-refractivity contribution is 0.673. The highest BCUT2D eigenvalue weighted by Gasteiger charge is 2.19. The SMILES string of the molecule is CC.CC.CCC.Nc1cc(Cl)ccc1-n1c2ccccc2c2c3oc4ccccc4c3ccc21. The Kier molecular flexibility index (Phi) is 8.84. The van der Waals surface area contributed by atoms with E-state index in [4.69, 9.17) is 21.8 Å². The number of furan rings is 1. The molecule has 35 heavy (non-hydrogen) atoms. The van der Waals surface area contributed by atoms with Gasteiger partial charge in [0.05, 0.1) is 27.8 Å². The van der Waals surface area contributed by atoms with E-state index in [1.807, 2.05) is 64.1 Å². The Morgan fingerprint density at radius 2 is 1.37 bits per heavy atom. The maximum atomic E-state index is 6.34. The summed E-state index contributed by atoms with van der Waals surface area (Å²) in [5.74, 6) is 0. The molecule has 2 aromatic heterocycles. The van der Waals surface area contributed by atoms with E-state index >= 15 is 0 Å². The molecule has 0 unspecified atom stereocenters. The van der Waals surface area contributed by atoms with Gasteiger partial charge >= 0.3 is 0 Å². The smallest absolute Gasteiger partial charge is 0.145 e. The summed E-state index contributed by atoms with van der Waals surface area (Å²) in [4.78, 5) is 0. The van der Waals surface area contributed by atoms with Crippen LogP contribution in [0.25, 0.3) is 49.4 Å². The number of nitrogen functional groups attached to an aromatic ring is 1. The summed E-state index contributed by atoms with van der Waals surface area (Å²) in [5, 5.41) is 5.11. The number of benzene rings is 4. The summed E-state index contributed by atoms with van der Waals surface area (Å²) < 4.78 is 8.49. The van der Waals surface area contributed by atoms with Crippen LogP contribution in [0.5, 0.6) is 0 Å².